The van der Waals surface area contributed by atoms with E-state index in [2.05, 4.69) is 14.6 Å². The molecule has 3 rings (SSSR count). The monoisotopic (exact) mass is 386 g/mol. The topological polar surface area (TPSA) is 66.0 Å². The van der Waals surface area contributed by atoms with Crippen LogP contribution in [0.15, 0.2) is 42.6 Å². The fraction of sp³-hybridized carbons (Fsp3) is 0.350. The lowest BCUT2D eigenvalue weighted by Gasteiger charge is -2.36. The standard InChI is InChI=1S/C20H23FN4O3/c1-23-9-11-24(12-10-23)20(27)25(18-6-4-3-5-17(18)21)14-16-8-7-15(13-22-16)19(26)28-2/h3-8,13H,9-12,14H2,1-2H3. The third kappa shape index (κ3) is 4.45. The minimum atomic E-state index is -0.487. The van der Waals surface area contributed by atoms with Crippen LogP contribution in [0.5, 0.6) is 0 Å². The summed E-state index contributed by atoms with van der Waals surface area (Å²) in [5.41, 5.74) is 1.05. The normalized spacial score (nSPS) is 14.6. The Balaban J connectivity index is 1.85. The number of ether oxygens (including phenoxy) is 1. The number of rotatable bonds is 4. The molecule has 0 bridgehead atoms. The predicted molar refractivity (Wildman–Crippen MR) is 103 cm³/mol. The summed E-state index contributed by atoms with van der Waals surface area (Å²) < 4.78 is 19.1. The molecule has 0 unspecified atom stereocenters. The van der Waals surface area contributed by atoms with Crippen molar-refractivity contribution in [1.29, 1.82) is 0 Å². The van der Waals surface area contributed by atoms with Crippen molar-refractivity contribution in [2.45, 2.75) is 6.54 Å². The lowest BCUT2D eigenvalue weighted by molar-refractivity contribution is 0.0600. The quantitative estimate of drug-likeness (QED) is 0.755. The van der Waals surface area contributed by atoms with Gasteiger partial charge in [0.1, 0.15) is 5.82 Å². The van der Waals surface area contributed by atoms with Crippen molar-refractivity contribution in [3.8, 4) is 0 Å². The SMILES string of the molecule is COC(=O)c1ccc(CN(C(=O)N2CCN(C)CC2)c2ccccc2F)nc1. The Labute approximate surface area is 163 Å². The lowest BCUT2D eigenvalue weighted by Crippen LogP contribution is -2.52. The number of aromatic nitrogens is 1. The number of nitrogens with zero attached hydrogens (tertiary/aromatic N) is 4. The second kappa shape index (κ2) is 8.79. The van der Waals surface area contributed by atoms with Gasteiger partial charge in [-0.1, -0.05) is 12.1 Å². The second-order valence-corrected chi connectivity index (χ2v) is 6.64. The van der Waals surface area contributed by atoms with Crippen LogP contribution in [-0.4, -0.2) is 67.1 Å². The Kier molecular flexibility index (Phi) is 6.20. The van der Waals surface area contributed by atoms with E-state index < -0.39 is 11.8 Å². The molecule has 0 atom stereocenters. The number of hydrogen-bond donors (Lipinski definition) is 0. The number of benzene rings is 1. The third-order valence-corrected chi connectivity index (χ3v) is 4.71. The average Bonchev–Trinajstić information content (AvgIpc) is 2.72. The van der Waals surface area contributed by atoms with Crippen molar-refractivity contribution in [1.82, 2.24) is 14.8 Å². The van der Waals surface area contributed by atoms with Crippen LogP contribution in [-0.2, 0) is 11.3 Å². The van der Waals surface area contributed by atoms with Crippen LogP contribution in [0.1, 0.15) is 16.1 Å². The molecule has 0 radical (unpaired) electrons. The first-order valence-electron chi connectivity index (χ1n) is 9.02. The van der Waals surface area contributed by atoms with E-state index >= 15 is 0 Å². The Morgan fingerprint density at radius 1 is 1.14 bits per heavy atom. The summed E-state index contributed by atoms with van der Waals surface area (Å²) in [4.78, 5) is 34.2. The fourth-order valence-corrected chi connectivity index (χ4v) is 3.01. The summed E-state index contributed by atoms with van der Waals surface area (Å²) in [5.74, 6) is -0.963. The van der Waals surface area contributed by atoms with Gasteiger partial charge in [0.25, 0.3) is 0 Å². The van der Waals surface area contributed by atoms with Crippen LogP contribution in [0, 0.1) is 5.82 Å². The zero-order valence-electron chi connectivity index (χ0n) is 16.0. The molecule has 1 fully saturated rings. The minimum Gasteiger partial charge on any atom is -0.465 e. The highest BCUT2D eigenvalue weighted by Gasteiger charge is 2.27. The van der Waals surface area contributed by atoms with E-state index in [-0.39, 0.29) is 18.3 Å². The molecule has 0 spiro atoms. The number of carbonyl (C=O) groups is 2. The number of halogens is 1. The first kappa shape index (κ1) is 19.8. The molecule has 1 aliphatic rings. The van der Waals surface area contributed by atoms with Crippen molar-refractivity contribution in [3.63, 3.8) is 0 Å². The first-order valence-corrected chi connectivity index (χ1v) is 9.02. The molecule has 0 N–H and O–H groups in total. The number of methoxy groups -OCH3 is 1. The molecule has 0 aliphatic carbocycles. The minimum absolute atomic E-state index is 0.0908. The number of anilines is 1. The summed E-state index contributed by atoms with van der Waals surface area (Å²) >= 11 is 0. The van der Waals surface area contributed by atoms with Gasteiger partial charge >= 0.3 is 12.0 Å². The van der Waals surface area contributed by atoms with Crippen molar-refractivity contribution in [2.24, 2.45) is 0 Å². The molecule has 2 heterocycles. The van der Waals surface area contributed by atoms with Gasteiger partial charge in [-0.15, -0.1) is 0 Å². The van der Waals surface area contributed by atoms with Crippen molar-refractivity contribution >= 4 is 17.7 Å². The van der Waals surface area contributed by atoms with Crippen LogP contribution >= 0.6 is 0 Å². The van der Waals surface area contributed by atoms with Crippen LogP contribution in [0.2, 0.25) is 0 Å². The Bertz CT molecular complexity index is 836. The van der Waals surface area contributed by atoms with Gasteiger partial charge in [-0.3, -0.25) is 9.88 Å². The summed E-state index contributed by atoms with van der Waals surface area (Å²) in [6, 6.07) is 9.12. The molecule has 7 nitrogen and oxygen atoms in total. The third-order valence-electron chi connectivity index (χ3n) is 4.71. The number of amides is 2. The number of para-hydroxylation sites is 1. The number of carbonyl (C=O) groups excluding carboxylic acids is 2. The van der Waals surface area contributed by atoms with E-state index in [0.717, 1.165) is 13.1 Å². The number of likely N-dealkylation sites (N-methyl/N-ethyl adjacent to an activating group) is 1. The van der Waals surface area contributed by atoms with Crippen molar-refractivity contribution < 1.29 is 18.7 Å². The van der Waals surface area contributed by atoms with E-state index in [1.165, 1.54) is 24.3 Å². The second-order valence-electron chi connectivity index (χ2n) is 6.64. The van der Waals surface area contributed by atoms with Crippen LogP contribution < -0.4 is 4.90 Å². The maximum Gasteiger partial charge on any atom is 0.339 e. The van der Waals surface area contributed by atoms with Crippen LogP contribution in [0.25, 0.3) is 0 Å². The van der Waals surface area contributed by atoms with Gasteiger partial charge in [0.2, 0.25) is 0 Å². The van der Waals surface area contributed by atoms with Crippen LogP contribution in [0.4, 0.5) is 14.9 Å². The van der Waals surface area contributed by atoms with Crippen molar-refractivity contribution in [3.05, 3.63) is 59.7 Å². The lowest BCUT2D eigenvalue weighted by atomic mass is 10.2. The Hall–Kier alpha value is -3.00. The van der Waals surface area contributed by atoms with Crippen molar-refractivity contribution in [2.75, 3.05) is 45.2 Å². The Morgan fingerprint density at radius 3 is 2.46 bits per heavy atom. The van der Waals surface area contributed by atoms with E-state index in [4.69, 9.17) is 0 Å². The average molecular weight is 386 g/mol. The van der Waals surface area contributed by atoms with Gasteiger partial charge in [-0.2, -0.15) is 0 Å². The maximum atomic E-state index is 14.4. The van der Waals surface area contributed by atoms with Crippen LogP contribution in [0.3, 0.4) is 0 Å². The summed E-state index contributed by atoms with van der Waals surface area (Å²) in [5, 5.41) is 0. The molecule has 2 aromatic rings. The molecule has 2 amide bonds. The molecule has 148 valence electrons. The Morgan fingerprint density at radius 2 is 1.86 bits per heavy atom. The number of urea groups is 1. The molecule has 1 aromatic heterocycles. The highest BCUT2D eigenvalue weighted by atomic mass is 19.1. The van der Waals surface area contributed by atoms with Gasteiger partial charge in [-0.25, -0.2) is 14.0 Å². The molecule has 0 saturated carbocycles. The van der Waals surface area contributed by atoms with Gasteiger partial charge in [0.15, 0.2) is 0 Å². The zero-order chi connectivity index (χ0) is 20.1. The molecular formula is C20H23FN4O3. The van der Waals surface area contributed by atoms with E-state index in [0.29, 0.717) is 24.3 Å². The smallest absolute Gasteiger partial charge is 0.339 e. The fourth-order valence-electron chi connectivity index (χ4n) is 3.01. The number of hydrogen-bond acceptors (Lipinski definition) is 5. The molecule has 1 aromatic carbocycles. The van der Waals surface area contributed by atoms with Gasteiger partial charge < -0.3 is 14.5 Å². The zero-order valence-corrected chi connectivity index (χ0v) is 16.0. The summed E-state index contributed by atoms with van der Waals surface area (Å²) in [7, 11) is 3.30. The highest BCUT2D eigenvalue weighted by Crippen LogP contribution is 2.23. The molecule has 1 saturated heterocycles. The molecule has 8 heteroatoms. The molecule has 28 heavy (non-hydrogen) atoms. The van der Waals surface area contributed by atoms with E-state index in [9.17, 15) is 14.0 Å². The first-order chi connectivity index (χ1) is 13.5. The number of pyridine rings is 1. The molecule has 1 aliphatic heterocycles. The predicted octanol–water partition coefficient (Wildman–Crippen LogP) is 2.38. The summed E-state index contributed by atoms with van der Waals surface area (Å²) in [6.07, 6.45) is 1.39. The van der Waals surface area contributed by atoms with Gasteiger partial charge in [0, 0.05) is 32.4 Å². The number of esters is 1. The summed E-state index contributed by atoms with van der Waals surface area (Å²) in [6.45, 7) is 2.78. The van der Waals surface area contributed by atoms with E-state index in [1.807, 2.05) is 7.05 Å². The highest BCUT2D eigenvalue weighted by molar-refractivity contribution is 5.92. The molecular weight excluding hydrogens is 363 g/mol. The van der Waals surface area contributed by atoms with Gasteiger partial charge in [-0.05, 0) is 31.3 Å². The largest absolute Gasteiger partial charge is 0.465 e. The maximum absolute atomic E-state index is 14.4. The van der Waals surface area contributed by atoms with E-state index in [1.54, 1.807) is 35.2 Å². The van der Waals surface area contributed by atoms with Gasteiger partial charge in [0.05, 0.1) is 30.6 Å². The number of piperazine rings is 1.